The van der Waals surface area contributed by atoms with Crippen molar-refractivity contribution >= 4 is 0 Å². The summed E-state index contributed by atoms with van der Waals surface area (Å²) in [4.78, 5) is 11.9. The molecule has 5 aliphatic heterocycles. The van der Waals surface area contributed by atoms with Crippen molar-refractivity contribution in [3.8, 4) is 0 Å². The lowest BCUT2D eigenvalue weighted by atomic mass is 9.56. The number of hydrogen-bond donors (Lipinski definition) is 0. The van der Waals surface area contributed by atoms with Crippen LogP contribution in [0.1, 0.15) is 383 Å². The highest BCUT2D eigenvalue weighted by atomic mass is 15.2. The topological polar surface area (TPSA) is 16.2 Å². The molecule has 2 saturated carbocycles. The van der Waals surface area contributed by atoms with E-state index in [-0.39, 0.29) is 74.3 Å². The van der Waals surface area contributed by atoms with Crippen LogP contribution in [-0.2, 0) is 0 Å². The Kier molecular flexibility index (Phi) is 152. The molecular formula is C87H211N5. The molecule has 0 radical (unpaired) electrons. The average molecular weight is 1330 g/mol. The van der Waals surface area contributed by atoms with Gasteiger partial charge in [0.25, 0.3) is 0 Å². The Balaban J connectivity index is -0.0000000348. The summed E-state index contributed by atoms with van der Waals surface area (Å²) in [6.07, 6.45) is 22.1. The van der Waals surface area contributed by atoms with Gasteiger partial charge in [0.05, 0.1) is 0 Å². The first kappa shape index (κ1) is 146. The van der Waals surface area contributed by atoms with Crippen LogP contribution < -0.4 is 0 Å². The number of nitrogens with zero attached hydrogens (tertiary/aromatic N) is 5. The Morgan fingerprint density at radius 1 is 0.304 bits per heavy atom. The van der Waals surface area contributed by atoms with Gasteiger partial charge < -0.3 is 19.6 Å². The molecule has 2 saturated heterocycles. The fourth-order valence-corrected chi connectivity index (χ4v) is 10.9. The summed E-state index contributed by atoms with van der Waals surface area (Å²) in [5.41, 5.74) is 1.43. The summed E-state index contributed by atoms with van der Waals surface area (Å²) in [6.45, 7) is 86.1. The van der Waals surface area contributed by atoms with Crippen LogP contribution in [0.2, 0.25) is 0 Å². The highest BCUT2D eigenvalue weighted by Gasteiger charge is 2.51. The van der Waals surface area contributed by atoms with Gasteiger partial charge in [0.1, 0.15) is 0 Å². The molecule has 0 N–H and O–H groups in total. The van der Waals surface area contributed by atoms with Crippen molar-refractivity contribution in [3.05, 3.63) is 48.5 Å². The molecule has 0 aromatic rings. The second-order valence-corrected chi connectivity index (χ2v) is 22.4. The predicted octanol–water partition coefficient (Wildman–Crippen LogP) is 31.1. The third kappa shape index (κ3) is 58.4. The van der Waals surface area contributed by atoms with Crippen molar-refractivity contribution in [3.63, 3.8) is 0 Å². The quantitative estimate of drug-likeness (QED) is 0.240. The van der Waals surface area contributed by atoms with Crippen LogP contribution in [0.4, 0.5) is 0 Å². The molecule has 0 unspecified atom stereocenters. The molecule has 0 bridgehead atoms. The van der Waals surface area contributed by atoms with Gasteiger partial charge in [0.15, 0.2) is 0 Å². The van der Waals surface area contributed by atoms with Crippen molar-refractivity contribution in [1.82, 2.24) is 24.5 Å². The number of allylic oxidation sites excluding steroid dienone is 3. The first-order valence-electron chi connectivity index (χ1n) is 36.1. The summed E-state index contributed by atoms with van der Waals surface area (Å²) < 4.78 is 0. The van der Waals surface area contributed by atoms with Crippen molar-refractivity contribution in [2.45, 2.75) is 426 Å². The minimum Gasteiger partial charge on any atom is -0.378 e. The molecule has 5 nitrogen and oxygen atoms in total. The Bertz CT molecular complexity index is 1280. The van der Waals surface area contributed by atoms with Gasteiger partial charge in [-0.2, -0.15) is 0 Å². The Morgan fingerprint density at radius 2 is 0.598 bits per heavy atom. The van der Waals surface area contributed by atoms with Gasteiger partial charge in [-0.1, -0.05) is 327 Å². The Morgan fingerprint density at radius 3 is 0.848 bits per heavy atom. The third-order valence-corrected chi connectivity index (χ3v) is 18.5. The minimum atomic E-state index is 0. The Labute approximate surface area is 601 Å². The van der Waals surface area contributed by atoms with Gasteiger partial charge >= 0.3 is 0 Å². The largest absolute Gasteiger partial charge is 0.378 e. The molecule has 0 spiro atoms. The van der Waals surface area contributed by atoms with Crippen LogP contribution >= 0.6 is 0 Å². The summed E-state index contributed by atoms with van der Waals surface area (Å²) in [7, 11) is 10.9. The van der Waals surface area contributed by atoms with E-state index >= 15 is 0 Å². The van der Waals surface area contributed by atoms with Crippen molar-refractivity contribution in [2.75, 3.05) is 35.2 Å². The number of piperidine rings is 2. The van der Waals surface area contributed by atoms with E-state index in [2.05, 4.69) is 227 Å². The van der Waals surface area contributed by atoms with Gasteiger partial charge in [0, 0.05) is 63.4 Å². The molecule has 584 valence electrons. The first-order valence-corrected chi connectivity index (χ1v) is 36.1. The second kappa shape index (κ2) is 95.7. The summed E-state index contributed by atoms with van der Waals surface area (Å²) in [5.74, 6) is 10.9. The molecule has 7 rings (SSSR count). The summed E-state index contributed by atoms with van der Waals surface area (Å²) in [6, 6.07) is 5.21. The Hall–Kier alpha value is -1.72. The zero-order chi connectivity index (χ0) is 67.9. The van der Waals surface area contributed by atoms with E-state index in [0.29, 0.717) is 12.1 Å². The lowest BCUT2D eigenvalue weighted by molar-refractivity contribution is -0.107. The third-order valence-electron chi connectivity index (χ3n) is 18.5. The zero-order valence-corrected chi connectivity index (χ0v) is 66.3. The molecule has 92 heavy (non-hydrogen) atoms. The average Bonchev–Trinajstić information content (AvgIpc) is 3.82. The number of fused-ring (bicyclic) bond motifs is 1. The van der Waals surface area contributed by atoms with E-state index in [1.165, 1.54) is 37.7 Å². The summed E-state index contributed by atoms with van der Waals surface area (Å²) in [5, 5.41) is 0. The van der Waals surface area contributed by atoms with Crippen LogP contribution in [0, 0.1) is 71.0 Å². The standard InChI is InChI=1S/C12H23N.C10H21N.C10H20.C8H15N.C8H13N.C7H13N.11C2H6.10CH4/c1-7-6-11-8(2)9(3)12(11)13(5)10(7)4;1-7-6-8(2)10(4)11(5)9(7)3;1-7-5-9(3)10(4)6-8(7)2;2*1-7-5-4-6-9(3)8(7)2;1-6-4-5-8(3)7(6)2;11*1-2;;;;;;;;;;/h7-12H,6H2,1-5H3;7-10H,6H2,1-5H3;7-10H,5-6H2,1-4H3;4,6-8H,5H2,1-3H3;4-6,8H,1-3H3;4-7H,1-3H3;11*1-2H3;10*1H4/t7-,8-,9+,10-,11-,12+;7-,8+,9-,10+;7-,8+,9+,10-;7-,8-;8-;6-,7-;;;;;;;;;;;;;;;;;;;;;/m0..111...................../s1. The summed E-state index contributed by atoms with van der Waals surface area (Å²) >= 11 is 0. The van der Waals surface area contributed by atoms with Crippen LogP contribution in [0.15, 0.2) is 48.5 Å². The number of likely N-dealkylation sites (N-methyl/N-ethyl adjacent to an activating group) is 1. The second-order valence-electron chi connectivity index (χ2n) is 22.4. The monoisotopic (exact) mass is 1330 g/mol. The molecule has 5 heteroatoms. The van der Waals surface area contributed by atoms with Crippen LogP contribution in [0.25, 0.3) is 0 Å². The van der Waals surface area contributed by atoms with Crippen molar-refractivity contribution in [2.24, 2.45) is 71.0 Å². The van der Waals surface area contributed by atoms with Crippen LogP contribution in [-0.4, -0.2) is 102 Å². The van der Waals surface area contributed by atoms with Crippen molar-refractivity contribution < 1.29 is 0 Å². The van der Waals surface area contributed by atoms with Crippen LogP contribution in [0.5, 0.6) is 0 Å². The normalized spacial score (nSPS) is 29.0. The molecule has 19 atom stereocenters. The van der Waals surface area contributed by atoms with E-state index in [0.717, 1.165) is 101 Å². The fraction of sp³-hybridized carbons (Fsp3) is 0.908. The van der Waals surface area contributed by atoms with Gasteiger partial charge in [-0.15, -0.1) is 0 Å². The van der Waals surface area contributed by atoms with E-state index in [1.807, 2.05) is 152 Å². The molecule has 0 aromatic carbocycles. The van der Waals surface area contributed by atoms with Gasteiger partial charge in [0.2, 0.25) is 0 Å². The molecule has 2 aliphatic carbocycles. The molecule has 7 aliphatic rings. The van der Waals surface area contributed by atoms with E-state index < -0.39 is 0 Å². The first-order chi connectivity index (χ1) is 38.8. The number of rotatable bonds is 0. The highest BCUT2D eigenvalue weighted by molar-refractivity contribution is 5.20. The molecule has 5 heterocycles. The van der Waals surface area contributed by atoms with Gasteiger partial charge in [-0.05, 0) is 190 Å². The predicted molar refractivity (Wildman–Crippen MR) is 460 cm³/mol. The zero-order valence-electron chi connectivity index (χ0n) is 66.3. The SMILES string of the molecule is C.C.C.C.C.C.C.C.C.C.CC.CC.CC.CC.CC.CC.CC.CC.CC.CC.CC.CC1=CC=CN(C)[C@@H]1C.C[C@@H]1C=CN(C)[C@@H]1C.C[C@@H]1CC=CN(C)[C@@H]1C.C[C@@H]1C[C@H](C)[C@H](C)C[C@@H]1C.C[C@@H]1C[C@H](C)[C@H](C)N(C)[C@@H]1C.C[C@@H]1[C@H](C)[C@@H]2C[C@H](C)[C@H](C)N(C)[C@H]12. The van der Waals surface area contributed by atoms with E-state index in [1.54, 1.807) is 0 Å². The molecule has 0 aromatic heterocycles. The molecule has 0 amide bonds. The molecule has 4 fully saturated rings. The maximum absolute atomic E-state index is 2.63. The van der Waals surface area contributed by atoms with Crippen LogP contribution in [0.3, 0.4) is 0 Å². The van der Waals surface area contributed by atoms with Gasteiger partial charge in [-0.25, -0.2) is 0 Å². The highest BCUT2D eigenvalue weighted by Crippen LogP contribution is 2.50. The maximum atomic E-state index is 2.63. The minimum absolute atomic E-state index is 0. The van der Waals surface area contributed by atoms with Crippen molar-refractivity contribution in [1.29, 1.82) is 0 Å². The lowest BCUT2D eigenvalue weighted by Gasteiger charge is -2.60. The number of likely N-dealkylation sites (tertiary alicyclic amines) is 2. The fourth-order valence-electron chi connectivity index (χ4n) is 10.9. The smallest absolute Gasteiger partial charge is 0.0465 e. The maximum Gasteiger partial charge on any atom is 0.0465 e. The van der Waals surface area contributed by atoms with Gasteiger partial charge in [-0.3, -0.25) is 4.90 Å². The van der Waals surface area contributed by atoms with E-state index in [9.17, 15) is 0 Å². The lowest BCUT2D eigenvalue weighted by Crippen LogP contribution is -2.63. The van der Waals surface area contributed by atoms with E-state index in [4.69, 9.17) is 0 Å². The molecular weight excluding hydrogens is 1110 g/mol. The number of hydrogen-bond acceptors (Lipinski definition) is 5.